The molecule has 0 spiro atoms. The molecule has 168 valence electrons. The van der Waals surface area contributed by atoms with Gasteiger partial charge >= 0.3 is 18.3 Å². The van der Waals surface area contributed by atoms with E-state index >= 15 is 0 Å². The average Bonchev–Trinajstić information content (AvgIpc) is 2.57. The Morgan fingerprint density at radius 1 is 1.10 bits per heavy atom. The quantitative estimate of drug-likeness (QED) is 0.333. The Balaban J connectivity index is 2.75. The third-order valence-corrected chi connectivity index (χ3v) is 3.34. The Hall–Kier alpha value is -3.04. The number of hydrogen-bond donors (Lipinski definition) is 3. The maximum absolute atomic E-state index is 12.9. The van der Waals surface area contributed by atoms with Crippen LogP contribution in [-0.2, 0) is 15.8 Å². The second kappa shape index (κ2) is 8.76. The number of nitrogens with one attached hydrogen (secondary N) is 2. The molecule has 0 fully saturated rings. The summed E-state index contributed by atoms with van der Waals surface area (Å²) in [5, 5.41) is 23.0. The minimum atomic E-state index is -6.19. The summed E-state index contributed by atoms with van der Waals surface area (Å²) in [4.78, 5) is 31.9. The van der Waals surface area contributed by atoms with Gasteiger partial charge in [0, 0.05) is 18.3 Å². The van der Waals surface area contributed by atoms with E-state index in [0.29, 0.717) is 6.07 Å². The van der Waals surface area contributed by atoms with E-state index in [1.807, 2.05) is 5.32 Å². The van der Waals surface area contributed by atoms with Crippen molar-refractivity contribution in [1.29, 1.82) is 0 Å². The lowest BCUT2D eigenvalue weighted by atomic mass is 10.1. The lowest BCUT2D eigenvalue weighted by molar-refractivity contribution is -0.388. The zero-order chi connectivity index (χ0) is 23.5. The molecule has 0 heterocycles. The standard InChI is InChI=1S/C14H11F8N3O5/c15-12(16,14(20,21)22)11(28)23-5-7(26)4-10(27)24-6-1-2-9(25(29)30)8(3-6)13(17,18)19/h1-3,7,26H,4-5H2,(H,23,28)(H,24,27). The minimum absolute atomic E-state index is 0.230. The Labute approximate surface area is 161 Å². The molecule has 0 bridgehead atoms. The summed E-state index contributed by atoms with van der Waals surface area (Å²) < 4.78 is 100.0. The molecule has 1 atom stereocenters. The van der Waals surface area contributed by atoms with Crippen molar-refractivity contribution < 1.29 is 54.7 Å². The molecule has 1 aromatic carbocycles. The Morgan fingerprint density at radius 2 is 1.67 bits per heavy atom. The van der Waals surface area contributed by atoms with Crippen LogP contribution in [0.4, 0.5) is 46.5 Å². The van der Waals surface area contributed by atoms with Crippen LogP contribution < -0.4 is 10.6 Å². The van der Waals surface area contributed by atoms with Crippen LogP contribution in [0.1, 0.15) is 12.0 Å². The molecule has 2 amide bonds. The molecular weight excluding hydrogens is 442 g/mol. The summed E-state index contributed by atoms with van der Waals surface area (Å²) in [5.74, 6) is -9.75. The van der Waals surface area contributed by atoms with E-state index < -0.39 is 71.0 Å². The smallest absolute Gasteiger partial charge is 0.391 e. The van der Waals surface area contributed by atoms with E-state index in [4.69, 9.17) is 0 Å². The number of carbonyl (C=O) groups excluding carboxylic acids is 2. The molecule has 3 N–H and O–H groups in total. The first-order valence-electron chi connectivity index (χ1n) is 7.53. The van der Waals surface area contributed by atoms with Crippen molar-refractivity contribution in [2.24, 2.45) is 0 Å². The fourth-order valence-electron chi connectivity index (χ4n) is 1.95. The van der Waals surface area contributed by atoms with Crippen molar-refractivity contribution in [3.63, 3.8) is 0 Å². The Bertz CT molecular complexity index is 825. The van der Waals surface area contributed by atoms with Gasteiger partial charge in [0.1, 0.15) is 5.56 Å². The van der Waals surface area contributed by atoms with Crippen LogP contribution in [-0.4, -0.2) is 46.6 Å². The van der Waals surface area contributed by atoms with Crippen LogP contribution in [0.15, 0.2) is 18.2 Å². The molecule has 8 nitrogen and oxygen atoms in total. The van der Waals surface area contributed by atoms with Gasteiger partial charge in [0.2, 0.25) is 5.91 Å². The highest BCUT2D eigenvalue weighted by atomic mass is 19.4. The number of amides is 2. The van der Waals surface area contributed by atoms with Crippen LogP contribution in [0.25, 0.3) is 0 Å². The van der Waals surface area contributed by atoms with Crippen molar-refractivity contribution in [3.8, 4) is 0 Å². The van der Waals surface area contributed by atoms with Crippen molar-refractivity contribution in [3.05, 3.63) is 33.9 Å². The molecule has 30 heavy (non-hydrogen) atoms. The largest absolute Gasteiger partial charge is 0.463 e. The number of benzene rings is 1. The van der Waals surface area contributed by atoms with Gasteiger partial charge in [-0.2, -0.15) is 35.1 Å². The highest BCUT2D eigenvalue weighted by Gasteiger charge is 2.63. The van der Waals surface area contributed by atoms with Gasteiger partial charge in [0.05, 0.1) is 17.4 Å². The van der Waals surface area contributed by atoms with Gasteiger partial charge in [-0.15, -0.1) is 0 Å². The molecule has 0 saturated carbocycles. The number of halogens is 8. The number of aliphatic hydroxyl groups excluding tert-OH is 1. The van der Waals surface area contributed by atoms with E-state index in [1.165, 1.54) is 0 Å². The molecule has 16 heteroatoms. The van der Waals surface area contributed by atoms with Crippen LogP contribution in [0.3, 0.4) is 0 Å². The van der Waals surface area contributed by atoms with Gasteiger partial charge in [-0.25, -0.2) is 0 Å². The summed E-state index contributed by atoms with van der Waals surface area (Å²) in [5.41, 5.74) is -3.56. The third kappa shape index (κ3) is 6.23. The lowest BCUT2D eigenvalue weighted by Gasteiger charge is -2.19. The zero-order valence-electron chi connectivity index (χ0n) is 14.3. The van der Waals surface area contributed by atoms with Gasteiger partial charge in [-0.05, 0) is 12.1 Å². The molecule has 0 radical (unpaired) electrons. The zero-order valence-corrected chi connectivity index (χ0v) is 14.3. The topological polar surface area (TPSA) is 122 Å². The van der Waals surface area contributed by atoms with Gasteiger partial charge < -0.3 is 15.7 Å². The molecular formula is C14H11F8N3O5. The van der Waals surface area contributed by atoms with Crippen molar-refractivity contribution in [2.75, 3.05) is 11.9 Å². The average molecular weight is 453 g/mol. The maximum Gasteiger partial charge on any atom is 0.463 e. The van der Waals surface area contributed by atoms with E-state index in [9.17, 15) is 59.9 Å². The number of hydrogen-bond acceptors (Lipinski definition) is 5. The van der Waals surface area contributed by atoms with E-state index in [-0.39, 0.29) is 6.07 Å². The summed E-state index contributed by atoms with van der Waals surface area (Å²) >= 11 is 0. The Kier molecular flexibility index (Phi) is 7.30. The van der Waals surface area contributed by atoms with Crippen LogP contribution in [0, 0.1) is 10.1 Å². The second-order valence-corrected chi connectivity index (χ2v) is 5.68. The van der Waals surface area contributed by atoms with Crippen LogP contribution in [0.2, 0.25) is 0 Å². The van der Waals surface area contributed by atoms with Crippen LogP contribution >= 0.6 is 0 Å². The van der Waals surface area contributed by atoms with Gasteiger partial charge in [0.15, 0.2) is 0 Å². The predicted molar refractivity (Wildman–Crippen MR) is 81.4 cm³/mol. The summed E-state index contributed by atoms with van der Waals surface area (Å²) in [6.07, 6.45) is -14.3. The molecule has 1 rings (SSSR count). The molecule has 0 aliphatic heterocycles. The molecule has 0 aliphatic rings. The van der Waals surface area contributed by atoms with Gasteiger partial charge in [0.25, 0.3) is 11.6 Å². The minimum Gasteiger partial charge on any atom is -0.391 e. The second-order valence-electron chi connectivity index (χ2n) is 5.68. The number of anilines is 1. The monoisotopic (exact) mass is 453 g/mol. The normalized spacial score (nSPS) is 13.5. The first-order valence-corrected chi connectivity index (χ1v) is 7.53. The first kappa shape index (κ1) is 25.0. The predicted octanol–water partition coefficient (Wildman–Crippen LogP) is 2.62. The summed E-state index contributed by atoms with van der Waals surface area (Å²) in [7, 11) is 0. The number of nitro benzene ring substituents is 1. The number of alkyl halides is 8. The number of rotatable bonds is 7. The maximum atomic E-state index is 12.9. The Morgan fingerprint density at radius 3 is 2.13 bits per heavy atom. The first-order chi connectivity index (χ1) is 13.5. The summed E-state index contributed by atoms with van der Waals surface area (Å²) in [6.45, 7) is -1.20. The number of nitrogens with zero attached hydrogens (tertiary/aromatic N) is 1. The molecule has 1 aromatic rings. The number of carbonyl (C=O) groups is 2. The van der Waals surface area contributed by atoms with Gasteiger partial charge in [-0.1, -0.05) is 0 Å². The van der Waals surface area contributed by atoms with E-state index in [2.05, 4.69) is 0 Å². The van der Waals surface area contributed by atoms with E-state index in [1.54, 1.807) is 0 Å². The van der Waals surface area contributed by atoms with Gasteiger partial charge in [-0.3, -0.25) is 19.7 Å². The number of nitro groups is 1. The molecule has 0 aliphatic carbocycles. The summed E-state index contributed by atoms with van der Waals surface area (Å²) in [6, 6.07) is 1.42. The number of aliphatic hydroxyl groups is 1. The van der Waals surface area contributed by atoms with Crippen LogP contribution in [0.5, 0.6) is 0 Å². The SMILES string of the molecule is O=C(CC(O)CNC(=O)C(F)(F)C(F)(F)F)Nc1ccc([N+](=O)[O-])c(C(F)(F)F)c1. The van der Waals surface area contributed by atoms with Crippen molar-refractivity contribution in [2.45, 2.75) is 30.8 Å². The molecule has 0 aromatic heterocycles. The lowest BCUT2D eigenvalue weighted by Crippen LogP contribution is -2.51. The fraction of sp³-hybridized carbons (Fsp3) is 0.429. The van der Waals surface area contributed by atoms with Crippen molar-refractivity contribution in [1.82, 2.24) is 5.32 Å². The molecule has 0 saturated heterocycles. The van der Waals surface area contributed by atoms with E-state index in [0.717, 1.165) is 11.4 Å². The fourth-order valence-corrected chi connectivity index (χ4v) is 1.95. The van der Waals surface area contributed by atoms with Crippen molar-refractivity contribution >= 4 is 23.2 Å². The highest BCUT2D eigenvalue weighted by Crippen LogP contribution is 2.37. The third-order valence-electron chi connectivity index (χ3n) is 3.34. The molecule has 1 unspecified atom stereocenters. The highest BCUT2D eigenvalue weighted by molar-refractivity contribution is 5.91.